The molecule has 2 aromatic carbocycles. The van der Waals surface area contributed by atoms with Gasteiger partial charge in [-0.3, -0.25) is 14.9 Å². The van der Waals surface area contributed by atoms with Crippen molar-refractivity contribution in [2.75, 3.05) is 12.4 Å². The minimum atomic E-state index is -3.18. The zero-order valence-corrected chi connectivity index (χ0v) is 14.6. The summed E-state index contributed by atoms with van der Waals surface area (Å²) in [6.07, 6.45) is 2.19. The molecule has 1 N–H and O–H groups in total. The number of ether oxygens (including phenoxy) is 2. The van der Waals surface area contributed by atoms with E-state index in [4.69, 9.17) is 16.3 Å². The van der Waals surface area contributed by atoms with Crippen molar-refractivity contribution in [2.45, 2.75) is 6.61 Å². The van der Waals surface area contributed by atoms with Gasteiger partial charge in [-0.1, -0.05) is 23.7 Å². The summed E-state index contributed by atoms with van der Waals surface area (Å²) in [6.45, 7) is -3.18. The molecule has 0 aliphatic carbocycles. The molecule has 0 aromatic heterocycles. The van der Waals surface area contributed by atoms with Crippen molar-refractivity contribution in [3.63, 3.8) is 0 Å². The maximum absolute atomic E-state index is 12.4. The minimum absolute atomic E-state index is 0.0345. The van der Waals surface area contributed by atoms with Gasteiger partial charge in [-0.2, -0.15) is 8.78 Å². The molecule has 0 saturated carbocycles. The van der Waals surface area contributed by atoms with Crippen LogP contribution >= 0.6 is 11.6 Å². The molecule has 0 unspecified atom stereocenters. The highest BCUT2D eigenvalue weighted by Crippen LogP contribution is 2.36. The van der Waals surface area contributed by atoms with Crippen LogP contribution in [-0.4, -0.2) is 24.6 Å². The molecule has 2 aromatic rings. The number of methoxy groups -OCH3 is 1. The van der Waals surface area contributed by atoms with Crippen molar-refractivity contribution in [1.82, 2.24) is 0 Å². The van der Waals surface area contributed by atoms with Crippen LogP contribution in [0.2, 0.25) is 5.02 Å². The second-order valence-corrected chi connectivity index (χ2v) is 5.41. The predicted octanol–water partition coefficient (Wildman–Crippen LogP) is 4.51. The van der Waals surface area contributed by atoms with Crippen LogP contribution in [0.3, 0.4) is 0 Å². The average Bonchev–Trinajstić information content (AvgIpc) is 2.61. The van der Waals surface area contributed by atoms with Gasteiger partial charge in [0.15, 0.2) is 11.5 Å². The van der Waals surface area contributed by atoms with Gasteiger partial charge in [-0.25, -0.2) is 0 Å². The number of nitrogens with zero attached hydrogens (tertiary/aromatic N) is 1. The minimum Gasteiger partial charge on any atom is -0.493 e. The monoisotopic (exact) mass is 398 g/mol. The molecule has 10 heteroatoms. The number of para-hydroxylation sites is 1. The first-order valence-corrected chi connectivity index (χ1v) is 7.74. The molecule has 0 fully saturated rings. The van der Waals surface area contributed by atoms with E-state index >= 15 is 0 Å². The largest absolute Gasteiger partial charge is 0.493 e. The maximum Gasteiger partial charge on any atom is 0.387 e. The molecular weight excluding hydrogens is 386 g/mol. The first-order chi connectivity index (χ1) is 12.8. The van der Waals surface area contributed by atoms with Gasteiger partial charge >= 0.3 is 6.61 Å². The van der Waals surface area contributed by atoms with Gasteiger partial charge in [0.25, 0.3) is 5.69 Å². The third-order valence-electron chi connectivity index (χ3n) is 3.27. The summed E-state index contributed by atoms with van der Waals surface area (Å²) >= 11 is 5.93. The Labute approximate surface area is 157 Å². The number of nitrogens with one attached hydrogen (secondary N) is 1. The van der Waals surface area contributed by atoms with E-state index in [1.807, 2.05) is 0 Å². The number of hydrogen-bond donors (Lipinski definition) is 1. The van der Waals surface area contributed by atoms with Crippen molar-refractivity contribution < 1.29 is 28.0 Å². The molecule has 1 amide bonds. The van der Waals surface area contributed by atoms with E-state index in [2.05, 4.69) is 10.1 Å². The van der Waals surface area contributed by atoms with E-state index in [9.17, 15) is 23.7 Å². The number of rotatable bonds is 7. The molecule has 2 rings (SSSR count). The van der Waals surface area contributed by atoms with E-state index in [0.29, 0.717) is 10.7 Å². The van der Waals surface area contributed by atoms with Crippen molar-refractivity contribution >= 4 is 35.0 Å². The van der Waals surface area contributed by atoms with Gasteiger partial charge in [-0.05, 0) is 24.3 Å². The molecule has 142 valence electrons. The number of amides is 1. The fourth-order valence-corrected chi connectivity index (χ4v) is 2.29. The Kier molecular flexibility index (Phi) is 6.67. The zero-order chi connectivity index (χ0) is 20.0. The van der Waals surface area contributed by atoms with E-state index in [1.54, 1.807) is 24.3 Å². The summed E-state index contributed by atoms with van der Waals surface area (Å²) in [5.41, 5.74) is -0.206. The van der Waals surface area contributed by atoms with Crippen LogP contribution in [-0.2, 0) is 4.79 Å². The number of carbonyl (C=O) groups is 1. The fourth-order valence-electron chi connectivity index (χ4n) is 2.11. The number of carbonyl (C=O) groups excluding carboxylic acids is 1. The molecular formula is C17H13ClF2N2O5. The molecule has 7 nitrogen and oxygen atoms in total. The summed E-state index contributed by atoms with van der Waals surface area (Å²) in [5.74, 6) is -1.23. The van der Waals surface area contributed by atoms with Gasteiger partial charge in [0.1, 0.15) is 0 Å². The number of nitro benzene ring substituents is 1. The first-order valence-electron chi connectivity index (χ1n) is 7.36. The van der Waals surface area contributed by atoms with Gasteiger partial charge in [0, 0.05) is 6.08 Å². The molecule has 0 aliphatic heterocycles. The number of benzene rings is 2. The van der Waals surface area contributed by atoms with E-state index in [-0.39, 0.29) is 11.3 Å². The van der Waals surface area contributed by atoms with Crippen LogP contribution in [0.25, 0.3) is 6.08 Å². The summed E-state index contributed by atoms with van der Waals surface area (Å²) in [7, 11) is 1.19. The molecule has 0 radical (unpaired) electrons. The summed E-state index contributed by atoms with van der Waals surface area (Å²) in [5, 5.41) is 14.0. The number of halogens is 3. The molecule has 0 spiro atoms. The van der Waals surface area contributed by atoms with Gasteiger partial charge in [0.2, 0.25) is 5.91 Å². The highest BCUT2D eigenvalue weighted by molar-refractivity contribution is 6.33. The topological polar surface area (TPSA) is 90.7 Å². The standard InChI is InChI=1S/C17H13ClF2N2O5/c1-26-14-8-10(13(22(24)25)9-15(14)27-17(19)20)6-7-16(23)21-12-5-3-2-4-11(12)18/h2-9,17H,1H3,(H,21,23)/b7-6+. The lowest BCUT2D eigenvalue weighted by Gasteiger charge is -2.11. The molecule has 0 saturated heterocycles. The van der Waals surface area contributed by atoms with Crippen molar-refractivity contribution in [2.24, 2.45) is 0 Å². The lowest BCUT2D eigenvalue weighted by Crippen LogP contribution is -2.08. The van der Waals surface area contributed by atoms with Crippen LogP contribution in [0.4, 0.5) is 20.2 Å². The summed E-state index contributed by atoms with van der Waals surface area (Å²) < 4.78 is 34.0. The van der Waals surface area contributed by atoms with Crippen LogP contribution in [0.1, 0.15) is 5.56 Å². The number of nitro groups is 1. The van der Waals surface area contributed by atoms with Crippen LogP contribution in [0, 0.1) is 10.1 Å². The first kappa shape index (κ1) is 20.1. The smallest absolute Gasteiger partial charge is 0.387 e. The summed E-state index contributed by atoms with van der Waals surface area (Å²) in [6, 6.07) is 8.44. The second-order valence-electron chi connectivity index (χ2n) is 5.00. The Morgan fingerprint density at radius 3 is 2.59 bits per heavy atom. The van der Waals surface area contributed by atoms with Crippen molar-refractivity contribution in [1.29, 1.82) is 0 Å². The molecule has 0 bridgehead atoms. The number of anilines is 1. The fraction of sp³-hybridized carbons (Fsp3) is 0.118. The average molecular weight is 399 g/mol. The molecule has 0 atom stereocenters. The quantitative estimate of drug-likeness (QED) is 0.421. The predicted molar refractivity (Wildman–Crippen MR) is 95.4 cm³/mol. The van der Waals surface area contributed by atoms with Crippen LogP contribution in [0.5, 0.6) is 11.5 Å². The van der Waals surface area contributed by atoms with Crippen molar-refractivity contribution in [3.05, 3.63) is 63.2 Å². The Balaban J connectivity index is 2.30. The number of alkyl halides is 2. The third kappa shape index (κ3) is 5.38. The van der Waals surface area contributed by atoms with E-state index in [1.165, 1.54) is 7.11 Å². The molecule has 0 aliphatic rings. The third-order valence-corrected chi connectivity index (χ3v) is 3.60. The Morgan fingerprint density at radius 2 is 2.00 bits per heavy atom. The highest BCUT2D eigenvalue weighted by atomic mass is 35.5. The normalized spacial score (nSPS) is 10.9. The lowest BCUT2D eigenvalue weighted by atomic mass is 10.1. The SMILES string of the molecule is COc1cc(/C=C/C(=O)Nc2ccccc2Cl)c([N+](=O)[O-])cc1OC(F)F. The Bertz CT molecular complexity index is 890. The highest BCUT2D eigenvalue weighted by Gasteiger charge is 2.20. The zero-order valence-electron chi connectivity index (χ0n) is 13.8. The van der Waals surface area contributed by atoms with Crippen LogP contribution < -0.4 is 14.8 Å². The second kappa shape index (κ2) is 8.95. The lowest BCUT2D eigenvalue weighted by molar-refractivity contribution is -0.385. The summed E-state index contributed by atoms with van der Waals surface area (Å²) in [4.78, 5) is 22.4. The maximum atomic E-state index is 12.4. The molecule has 0 heterocycles. The van der Waals surface area contributed by atoms with Gasteiger partial charge in [-0.15, -0.1) is 0 Å². The van der Waals surface area contributed by atoms with Gasteiger partial charge < -0.3 is 14.8 Å². The van der Waals surface area contributed by atoms with Crippen molar-refractivity contribution in [3.8, 4) is 11.5 Å². The van der Waals surface area contributed by atoms with Crippen LogP contribution in [0.15, 0.2) is 42.5 Å². The Morgan fingerprint density at radius 1 is 1.30 bits per heavy atom. The van der Waals surface area contributed by atoms with E-state index in [0.717, 1.165) is 24.3 Å². The molecule has 27 heavy (non-hydrogen) atoms. The Hall–Kier alpha value is -3.20. The van der Waals surface area contributed by atoms with E-state index < -0.39 is 28.9 Å². The number of hydrogen-bond acceptors (Lipinski definition) is 5. The van der Waals surface area contributed by atoms with Gasteiger partial charge in [0.05, 0.1) is 34.4 Å².